The van der Waals surface area contributed by atoms with Crippen LogP contribution in [0.4, 0.5) is 5.82 Å². The summed E-state index contributed by atoms with van der Waals surface area (Å²) in [5, 5.41) is 5.73. The predicted molar refractivity (Wildman–Crippen MR) is 96.5 cm³/mol. The lowest BCUT2D eigenvalue weighted by atomic mass is 10.1. The zero-order valence-electron chi connectivity index (χ0n) is 13.1. The largest absolute Gasteiger partial charge is 0.365 e. The third-order valence-corrected chi connectivity index (χ3v) is 3.90. The molecule has 0 amide bonds. The molecule has 0 atom stereocenters. The van der Waals surface area contributed by atoms with E-state index in [1.807, 2.05) is 24.3 Å². The minimum absolute atomic E-state index is 0.693. The number of fused-ring (bicyclic) bond motifs is 1. The van der Waals surface area contributed by atoms with E-state index in [1.54, 1.807) is 24.8 Å². The Bertz CT molecular complexity index is 967. The van der Waals surface area contributed by atoms with Gasteiger partial charge in [-0.3, -0.25) is 9.97 Å². The number of hydrogen-bond donors (Lipinski definition) is 1. The topological polar surface area (TPSA) is 50.7 Å². The Morgan fingerprint density at radius 3 is 2.50 bits per heavy atom. The molecule has 0 aliphatic rings. The Balaban J connectivity index is 1.59. The van der Waals surface area contributed by atoms with Gasteiger partial charge in [-0.15, -0.1) is 0 Å². The Kier molecular flexibility index (Phi) is 3.86. The summed E-state index contributed by atoms with van der Waals surface area (Å²) in [6, 6.07) is 18.6. The highest BCUT2D eigenvalue weighted by Gasteiger charge is 2.03. The summed E-state index contributed by atoms with van der Waals surface area (Å²) in [5.41, 5.74) is 3.08. The molecule has 0 radical (unpaired) electrons. The smallest absolute Gasteiger partial charge is 0.145 e. The number of hydrogen-bond acceptors (Lipinski definition) is 4. The fourth-order valence-corrected chi connectivity index (χ4v) is 2.63. The molecule has 0 aliphatic carbocycles. The Hall–Kier alpha value is -3.27. The summed E-state index contributed by atoms with van der Waals surface area (Å²) in [6.07, 6.45) is 7.11. The summed E-state index contributed by atoms with van der Waals surface area (Å²) in [5.74, 6) is 0.762. The molecule has 0 fully saturated rings. The molecule has 0 spiro atoms. The SMILES string of the molecule is c1ccc2cc(-c3cncc(NCc4ccncc4)n3)ccc2c1. The van der Waals surface area contributed by atoms with Gasteiger partial charge < -0.3 is 5.32 Å². The van der Waals surface area contributed by atoms with Crippen molar-refractivity contribution in [1.82, 2.24) is 15.0 Å². The first-order valence-electron chi connectivity index (χ1n) is 7.82. The van der Waals surface area contributed by atoms with Crippen molar-refractivity contribution >= 4 is 16.6 Å². The van der Waals surface area contributed by atoms with Gasteiger partial charge in [-0.1, -0.05) is 36.4 Å². The van der Waals surface area contributed by atoms with Crippen molar-refractivity contribution in [3.8, 4) is 11.3 Å². The maximum absolute atomic E-state index is 4.68. The van der Waals surface area contributed by atoms with Crippen LogP contribution in [0.25, 0.3) is 22.0 Å². The van der Waals surface area contributed by atoms with Crippen molar-refractivity contribution < 1.29 is 0 Å². The third-order valence-electron chi connectivity index (χ3n) is 3.90. The van der Waals surface area contributed by atoms with E-state index < -0.39 is 0 Å². The van der Waals surface area contributed by atoms with Crippen LogP contribution in [0.3, 0.4) is 0 Å². The van der Waals surface area contributed by atoms with Crippen molar-refractivity contribution in [2.24, 2.45) is 0 Å². The first-order chi connectivity index (χ1) is 11.9. The average Bonchev–Trinajstić information content (AvgIpc) is 2.67. The molecule has 0 saturated heterocycles. The van der Waals surface area contributed by atoms with Gasteiger partial charge in [0.2, 0.25) is 0 Å². The van der Waals surface area contributed by atoms with Gasteiger partial charge in [0.05, 0.1) is 18.1 Å². The zero-order valence-corrected chi connectivity index (χ0v) is 13.1. The van der Waals surface area contributed by atoms with Crippen LogP contribution in [0.2, 0.25) is 0 Å². The van der Waals surface area contributed by atoms with E-state index in [9.17, 15) is 0 Å². The van der Waals surface area contributed by atoms with Gasteiger partial charge in [0, 0.05) is 24.5 Å². The van der Waals surface area contributed by atoms with Crippen LogP contribution < -0.4 is 5.32 Å². The van der Waals surface area contributed by atoms with Crippen LogP contribution in [0.15, 0.2) is 79.4 Å². The first-order valence-corrected chi connectivity index (χ1v) is 7.82. The fourth-order valence-electron chi connectivity index (χ4n) is 2.63. The Morgan fingerprint density at radius 1 is 0.792 bits per heavy atom. The van der Waals surface area contributed by atoms with Crippen molar-refractivity contribution in [3.63, 3.8) is 0 Å². The molecule has 0 bridgehead atoms. The van der Waals surface area contributed by atoms with E-state index in [0.29, 0.717) is 6.54 Å². The normalized spacial score (nSPS) is 10.7. The second-order valence-electron chi connectivity index (χ2n) is 5.56. The third kappa shape index (κ3) is 3.08. The molecular formula is C20H16N4. The van der Waals surface area contributed by atoms with Crippen LogP contribution in [0.5, 0.6) is 0 Å². The van der Waals surface area contributed by atoms with E-state index in [0.717, 1.165) is 22.6 Å². The molecule has 1 N–H and O–H groups in total. The number of aromatic nitrogens is 3. The van der Waals surface area contributed by atoms with Gasteiger partial charge in [0.25, 0.3) is 0 Å². The molecule has 4 aromatic rings. The van der Waals surface area contributed by atoms with Crippen LogP contribution in [0, 0.1) is 0 Å². The van der Waals surface area contributed by atoms with Crippen molar-refractivity contribution in [3.05, 3.63) is 84.9 Å². The quantitative estimate of drug-likeness (QED) is 0.610. The monoisotopic (exact) mass is 312 g/mol. The maximum atomic E-state index is 4.68. The molecule has 0 aliphatic heterocycles. The minimum Gasteiger partial charge on any atom is -0.365 e. The molecule has 4 nitrogen and oxygen atoms in total. The van der Waals surface area contributed by atoms with E-state index >= 15 is 0 Å². The van der Waals surface area contributed by atoms with E-state index in [1.165, 1.54) is 10.8 Å². The number of anilines is 1. The van der Waals surface area contributed by atoms with Gasteiger partial charge in [-0.2, -0.15) is 0 Å². The molecule has 0 unspecified atom stereocenters. The highest BCUT2D eigenvalue weighted by atomic mass is 15.0. The van der Waals surface area contributed by atoms with E-state index in [2.05, 4.69) is 50.6 Å². The molecule has 4 rings (SSSR count). The number of nitrogens with zero attached hydrogens (tertiary/aromatic N) is 3. The van der Waals surface area contributed by atoms with E-state index in [-0.39, 0.29) is 0 Å². The molecule has 2 aromatic heterocycles. The lowest BCUT2D eigenvalue weighted by molar-refractivity contribution is 1.08. The summed E-state index contributed by atoms with van der Waals surface area (Å²) in [6.45, 7) is 0.693. The number of nitrogens with one attached hydrogen (secondary N) is 1. The van der Waals surface area contributed by atoms with E-state index in [4.69, 9.17) is 0 Å². The second-order valence-corrected chi connectivity index (χ2v) is 5.56. The summed E-state index contributed by atoms with van der Waals surface area (Å²) in [7, 11) is 0. The van der Waals surface area contributed by atoms with Gasteiger partial charge in [0.15, 0.2) is 0 Å². The summed E-state index contributed by atoms with van der Waals surface area (Å²) in [4.78, 5) is 13.0. The maximum Gasteiger partial charge on any atom is 0.145 e. The molecule has 116 valence electrons. The lowest BCUT2D eigenvalue weighted by Gasteiger charge is -2.08. The van der Waals surface area contributed by atoms with Gasteiger partial charge in [-0.05, 0) is 34.5 Å². The highest BCUT2D eigenvalue weighted by molar-refractivity contribution is 5.86. The number of pyridine rings is 1. The minimum atomic E-state index is 0.693. The average molecular weight is 312 g/mol. The number of rotatable bonds is 4. The van der Waals surface area contributed by atoms with Crippen LogP contribution in [-0.2, 0) is 6.54 Å². The highest BCUT2D eigenvalue weighted by Crippen LogP contribution is 2.23. The molecule has 0 saturated carbocycles. The van der Waals surface area contributed by atoms with Crippen molar-refractivity contribution in [2.45, 2.75) is 6.54 Å². The summed E-state index contributed by atoms with van der Waals surface area (Å²) < 4.78 is 0. The molecular weight excluding hydrogens is 296 g/mol. The van der Waals surface area contributed by atoms with Gasteiger partial charge >= 0.3 is 0 Å². The van der Waals surface area contributed by atoms with Gasteiger partial charge in [-0.25, -0.2) is 4.98 Å². The molecule has 4 heteroatoms. The standard InChI is InChI=1S/C20H16N4/c1-2-4-17-11-18(6-5-16(17)3-1)19-13-22-14-20(24-19)23-12-15-7-9-21-10-8-15/h1-11,13-14H,12H2,(H,23,24). The Morgan fingerprint density at radius 2 is 1.62 bits per heavy atom. The van der Waals surface area contributed by atoms with Crippen molar-refractivity contribution in [2.75, 3.05) is 5.32 Å². The Labute approximate surface area is 140 Å². The van der Waals surface area contributed by atoms with Crippen LogP contribution in [-0.4, -0.2) is 15.0 Å². The second kappa shape index (κ2) is 6.46. The van der Waals surface area contributed by atoms with Crippen LogP contribution in [0.1, 0.15) is 5.56 Å². The lowest BCUT2D eigenvalue weighted by Crippen LogP contribution is -2.02. The van der Waals surface area contributed by atoms with Crippen LogP contribution >= 0.6 is 0 Å². The predicted octanol–water partition coefficient (Wildman–Crippen LogP) is 4.30. The molecule has 2 aromatic carbocycles. The number of benzene rings is 2. The summed E-state index contributed by atoms with van der Waals surface area (Å²) >= 11 is 0. The van der Waals surface area contributed by atoms with Crippen molar-refractivity contribution in [1.29, 1.82) is 0 Å². The molecule has 2 heterocycles. The van der Waals surface area contributed by atoms with Gasteiger partial charge in [0.1, 0.15) is 5.82 Å². The molecule has 24 heavy (non-hydrogen) atoms. The fraction of sp³-hybridized carbons (Fsp3) is 0.0500. The zero-order chi connectivity index (χ0) is 16.2. The first kappa shape index (κ1) is 14.3.